The van der Waals surface area contributed by atoms with Gasteiger partial charge in [0, 0.05) is 18.0 Å². The van der Waals surface area contributed by atoms with Crippen LogP contribution in [-0.4, -0.2) is 21.8 Å². The average Bonchev–Trinajstić information content (AvgIpc) is 2.72. The first-order valence-electron chi connectivity index (χ1n) is 6.46. The zero-order valence-electron chi connectivity index (χ0n) is 11.1. The number of hydrogen-bond acceptors (Lipinski definition) is 5. The Kier molecular flexibility index (Phi) is 6.82. The van der Waals surface area contributed by atoms with Crippen molar-refractivity contribution >= 4 is 22.6 Å². The lowest BCUT2D eigenvalue weighted by Crippen LogP contribution is -2.15. The zero-order valence-corrected chi connectivity index (χ0v) is 11.9. The number of amides is 1. The van der Waals surface area contributed by atoms with Crippen molar-refractivity contribution in [3.05, 3.63) is 5.82 Å². The molecule has 0 spiro atoms. The molecular formula is C12H22N4OS. The van der Waals surface area contributed by atoms with Crippen molar-refractivity contribution < 1.29 is 4.79 Å². The van der Waals surface area contributed by atoms with Gasteiger partial charge in [0.2, 0.25) is 11.0 Å². The maximum atomic E-state index is 11.7. The van der Waals surface area contributed by atoms with E-state index < -0.39 is 0 Å². The number of anilines is 1. The van der Waals surface area contributed by atoms with Crippen LogP contribution in [0.1, 0.15) is 44.9 Å². The van der Waals surface area contributed by atoms with Crippen molar-refractivity contribution in [2.75, 3.05) is 11.9 Å². The minimum Gasteiger partial charge on any atom is -0.330 e. The molecule has 0 fully saturated rings. The van der Waals surface area contributed by atoms with Crippen LogP contribution in [0.15, 0.2) is 0 Å². The molecule has 0 aromatic carbocycles. The van der Waals surface area contributed by atoms with Crippen LogP contribution in [0.25, 0.3) is 0 Å². The maximum absolute atomic E-state index is 11.7. The second-order valence-corrected chi connectivity index (χ2v) is 5.22. The normalized spacial score (nSPS) is 12.4. The Morgan fingerprint density at radius 1 is 1.44 bits per heavy atom. The molecule has 1 heterocycles. The van der Waals surface area contributed by atoms with Gasteiger partial charge in [-0.1, -0.05) is 19.8 Å². The van der Waals surface area contributed by atoms with Gasteiger partial charge in [-0.25, -0.2) is 4.98 Å². The Morgan fingerprint density at radius 3 is 2.78 bits per heavy atom. The molecule has 0 aliphatic rings. The molecule has 1 aromatic rings. The topological polar surface area (TPSA) is 80.9 Å². The van der Waals surface area contributed by atoms with E-state index in [0.717, 1.165) is 25.7 Å². The molecule has 0 aliphatic heterocycles. The third-order valence-corrected chi connectivity index (χ3v) is 3.55. The number of nitrogens with two attached hydrogens (primary N) is 1. The zero-order chi connectivity index (χ0) is 13.4. The fourth-order valence-corrected chi connectivity index (χ4v) is 2.53. The van der Waals surface area contributed by atoms with E-state index in [9.17, 15) is 4.79 Å². The summed E-state index contributed by atoms with van der Waals surface area (Å²) in [4.78, 5) is 15.8. The van der Waals surface area contributed by atoms with E-state index in [1.54, 1.807) is 0 Å². The summed E-state index contributed by atoms with van der Waals surface area (Å²) in [7, 11) is 0. The Hall–Kier alpha value is -1.01. The molecule has 102 valence electrons. The maximum Gasteiger partial charge on any atom is 0.226 e. The van der Waals surface area contributed by atoms with Crippen LogP contribution >= 0.6 is 11.5 Å². The van der Waals surface area contributed by atoms with E-state index in [2.05, 4.69) is 21.6 Å². The number of carbonyl (C=O) groups excluding carboxylic acids is 1. The van der Waals surface area contributed by atoms with Gasteiger partial charge in [0.25, 0.3) is 0 Å². The minimum absolute atomic E-state index is 0.0178. The van der Waals surface area contributed by atoms with E-state index in [4.69, 9.17) is 5.73 Å². The van der Waals surface area contributed by atoms with E-state index in [0.29, 0.717) is 29.8 Å². The molecule has 0 saturated carbocycles. The van der Waals surface area contributed by atoms with Gasteiger partial charge in [-0.15, -0.1) is 0 Å². The summed E-state index contributed by atoms with van der Waals surface area (Å²) >= 11 is 1.22. The summed E-state index contributed by atoms with van der Waals surface area (Å²) in [5.74, 6) is 1.27. The summed E-state index contributed by atoms with van der Waals surface area (Å²) < 4.78 is 4.02. The lowest BCUT2D eigenvalue weighted by Gasteiger charge is -2.14. The molecule has 0 radical (unpaired) electrons. The molecule has 1 amide bonds. The molecule has 5 nitrogen and oxygen atoms in total. The van der Waals surface area contributed by atoms with E-state index in [1.807, 2.05) is 6.92 Å². The molecule has 3 N–H and O–H groups in total. The van der Waals surface area contributed by atoms with Gasteiger partial charge in [0.15, 0.2) is 0 Å². The molecule has 1 unspecified atom stereocenters. The second-order valence-electron chi connectivity index (χ2n) is 4.47. The van der Waals surface area contributed by atoms with Crippen LogP contribution in [0.2, 0.25) is 0 Å². The van der Waals surface area contributed by atoms with Crippen LogP contribution in [0.4, 0.5) is 5.13 Å². The predicted octanol–water partition coefficient (Wildman–Crippen LogP) is 2.33. The van der Waals surface area contributed by atoms with Gasteiger partial charge in [0.05, 0.1) is 0 Å². The highest BCUT2D eigenvalue weighted by atomic mass is 32.1. The van der Waals surface area contributed by atoms with Crippen molar-refractivity contribution in [3.63, 3.8) is 0 Å². The van der Waals surface area contributed by atoms with Crippen LogP contribution in [-0.2, 0) is 4.79 Å². The molecule has 1 atom stereocenters. The highest BCUT2D eigenvalue weighted by molar-refractivity contribution is 7.09. The van der Waals surface area contributed by atoms with Crippen molar-refractivity contribution in [1.29, 1.82) is 0 Å². The number of rotatable bonds is 8. The Morgan fingerprint density at radius 2 is 2.22 bits per heavy atom. The van der Waals surface area contributed by atoms with Gasteiger partial charge in [-0.2, -0.15) is 4.37 Å². The van der Waals surface area contributed by atoms with E-state index >= 15 is 0 Å². The first-order chi connectivity index (χ1) is 8.65. The molecule has 6 heteroatoms. The molecule has 1 rings (SSSR count). The third-order valence-electron chi connectivity index (χ3n) is 2.83. The summed E-state index contributed by atoms with van der Waals surface area (Å²) in [5.41, 5.74) is 5.58. The molecular weight excluding hydrogens is 248 g/mol. The van der Waals surface area contributed by atoms with Gasteiger partial charge in [0.1, 0.15) is 5.82 Å². The molecule has 18 heavy (non-hydrogen) atoms. The number of aryl methyl sites for hydroxylation is 1. The Balaban J connectivity index is 2.30. The number of nitrogens with one attached hydrogen (secondary N) is 1. The van der Waals surface area contributed by atoms with Crippen LogP contribution < -0.4 is 11.1 Å². The van der Waals surface area contributed by atoms with Gasteiger partial charge in [-0.05, 0) is 32.2 Å². The highest BCUT2D eigenvalue weighted by Gasteiger charge is 2.11. The standard InChI is InChI=1S/C12H22N4OS/c1-3-4-10(7-8-13)5-6-11(17)15-12-14-9(2)16-18-12/h10H,3-8,13H2,1-2H3,(H,14,15,16,17). The lowest BCUT2D eigenvalue weighted by molar-refractivity contribution is -0.116. The lowest BCUT2D eigenvalue weighted by atomic mass is 9.94. The number of nitrogens with zero attached hydrogens (tertiary/aromatic N) is 2. The first kappa shape index (κ1) is 15.0. The van der Waals surface area contributed by atoms with Crippen molar-refractivity contribution in [1.82, 2.24) is 9.36 Å². The highest BCUT2D eigenvalue weighted by Crippen LogP contribution is 2.18. The number of aromatic nitrogens is 2. The SMILES string of the molecule is CCCC(CCN)CCC(=O)Nc1nc(C)ns1. The predicted molar refractivity (Wildman–Crippen MR) is 74.6 cm³/mol. The van der Waals surface area contributed by atoms with Gasteiger partial charge >= 0.3 is 0 Å². The van der Waals surface area contributed by atoms with Crippen LogP contribution in [0.5, 0.6) is 0 Å². The molecule has 1 aromatic heterocycles. The molecule has 0 saturated heterocycles. The number of hydrogen-bond donors (Lipinski definition) is 2. The quantitative estimate of drug-likeness (QED) is 0.759. The van der Waals surface area contributed by atoms with Crippen molar-refractivity contribution in [2.24, 2.45) is 11.7 Å². The Labute approximate surface area is 112 Å². The second kappa shape index (κ2) is 8.16. The van der Waals surface area contributed by atoms with Crippen LogP contribution in [0.3, 0.4) is 0 Å². The smallest absolute Gasteiger partial charge is 0.226 e. The van der Waals surface area contributed by atoms with Gasteiger partial charge in [-0.3, -0.25) is 4.79 Å². The van der Waals surface area contributed by atoms with E-state index in [1.165, 1.54) is 11.5 Å². The monoisotopic (exact) mass is 270 g/mol. The molecule has 0 aliphatic carbocycles. The summed E-state index contributed by atoms with van der Waals surface area (Å²) in [5, 5.41) is 3.36. The first-order valence-corrected chi connectivity index (χ1v) is 7.23. The number of carbonyl (C=O) groups is 1. The van der Waals surface area contributed by atoms with Crippen molar-refractivity contribution in [3.8, 4) is 0 Å². The van der Waals surface area contributed by atoms with Crippen LogP contribution in [0, 0.1) is 12.8 Å². The van der Waals surface area contributed by atoms with Crippen molar-refractivity contribution in [2.45, 2.75) is 46.0 Å². The fourth-order valence-electron chi connectivity index (χ4n) is 1.94. The molecule has 0 bridgehead atoms. The summed E-state index contributed by atoms with van der Waals surface area (Å²) in [6.45, 7) is 4.67. The summed E-state index contributed by atoms with van der Waals surface area (Å²) in [6, 6.07) is 0. The Bertz CT molecular complexity index is 361. The average molecular weight is 270 g/mol. The van der Waals surface area contributed by atoms with E-state index in [-0.39, 0.29) is 5.91 Å². The summed E-state index contributed by atoms with van der Waals surface area (Å²) in [6.07, 6.45) is 4.71. The minimum atomic E-state index is 0.0178. The fraction of sp³-hybridized carbons (Fsp3) is 0.750. The largest absolute Gasteiger partial charge is 0.330 e. The third kappa shape index (κ3) is 5.55. The van der Waals surface area contributed by atoms with Gasteiger partial charge < -0.3 is 11.1 Å².